The molecule has 1 rings (SSSR count). The quantitative estimate of drug-likeness (QED) is 0.759. The maximum atomic E-state index is 11.6. The van der Waals surface area contributed by atoms with Gasteiger partial charge in [0, 0.05) is 6.54 Å². The summed E-state index contributed by atoms with van der Waals surface area (Å²) in [6.45, 7) is 8.25. The molecule has 0 aliphatic rings. The summed E-state index contributed by atoms with van der Waals surface area (Å²) in [5.74, 6) is 0.0138. The highest BCUT2D eigenvalue weighted by Gasteiger charge is 2.10. The Morgan fingerprint density at radius 3 is 2.93 bits per heavy atom. The van der Waals surface area contributed by atoms with Gasteiger partial charge in [0.25, 0.3) is 5.91 Å². The fourth-order valence-electron chi connectivity index (χ4n) is 1.12. The molecule has 76 valence electrons. The summed E-state index contributed by atoms with van der Waals surface area (Å²) in [6.07, 6.45) is 0.902. The van der Waals surface area contributed by atoms with Gasteiger partial charge in [-0.1, -0.05) is 19.1 Å². The molecule has 1 aromatic heterocycles. The molecule has 0 bridgehead atoms. The molecule has 0 radical (unpaired) electrons. The fraction of sp³-hybridized carbons (Fsp3) is 0.364. The van der Waals surface area contributed by atoms with Gasteiger partial charge in [-0.05, 0) is 30.4 Å². The number of carbonyl (C=O) groups excluding carboxylic acids is 1. The molecule has 0 unspecified atom stereocenters. The van der Waals surface area contributed by atoms with Gasteiger partial charge >= 0.3 is 0 Å². The fourth-order valence-corrected chi connectivity index (χ4v) is 2.04. The Morgan fingerprint density at radius 1 is 1.64 bits per heavy atom. The molecule has 0 aliphatic heterocycles. The van der Waals surface area contributed by atoms with E-state index in [1.807, 2.05) is 18.4 Å². The third-order valence-electron chi connectivity index (χ3n) is 1.88. The second kappa shape index (κ2) is 4.96. The molecule has 0 saturated carbocycles. The maximum Gasteiger partial charge on any atom is 0.261 e. The van der Waals surface area contributed by atoms with Gasteiger partial charge in [0.2, 0.25) is 0 Å². The molecule has 1 amide bonds. The second-order valence-electron chi connectivity index (χ2n) is 3.27. The van der Waals surface area contributed by atoms with E-state index in [0.29, 0.717) is 6.54 Å². The van der Waals surface area contributed by atoms with Crippen molar-refractivity contribution in [1.29, 1.82) is 0 Å². The molecule has 3 heteroatoms. The van der Waals surface area contributed by atoms with Crippen molar-refractivity contribution in [3.63, 3.8) is 0 Å². The van der Waals surface area contributed by atoms with Gasteiger partial charge in [-0.3, -0.25) is 4.79 Å². The Bertz CT molecular complexity index is 341. The van der Waals surface area contributed by atoms with Crippen molar-refractivity contribution < 1.29 is 4.79 Å². The molecular weight excluding hydrogens is 194 g/mol. The molecule has 0 saturated heterocycles. The van der Waals surface area contributed by atoms with Crippen LogP contribution in [0.3, 0.4) is 0 Å². The van der Waals surface area contributed by atoms with E-state index in [-0.39, 0.29) is 5.91 Å². The molecule has 1 heterocycles. The zero-order chi connectivity index (χ0) is 10.6. The minimum Gasteiger partial charge on any atom is -0.348 e. The maximum absolute atomic E-state index is 11.6. The molecule has 0 aliphatic carbocycles. The van der Waals surface area contributed by atoms with Crippen LogP contribution in [0.1, 0.15) is 29.1 Å². The molecule has 0 atom stereocenters. The van der Waals surface area contributed by atoms with E-state index in [2.05, 4.69) is 18.8 Å². The van der Waals surface area contributed by atoms with E-state index in [1.54, 1.807) is 0 Å². The molecular formula is C11H15NOS. The van der Waals surface area contributed by atoms with Crippen LogP contribution in [-0.4, -0.2) is 12.5 Å². The standard InChI is InChI=1S/C11H15NOS/c1-4-9-5-6-14-10(9)11(13)12-7-8(2)3/h5-6H,2,4,7H2,1,3H3,(H,12,13). The number of carbonyl (C=O) groups is 1. The molecule has 1 N–H and O–H groups in total. The first-order chi connectivity index (χ1) is 6.65. The zero-order valence-electron chi connectivity index (χ0n) is 8.59. The topological polar surface area (TPSA) is 29.1 Å². The van der Waals surface area contributed by atoms with Crippen molar-refractivity contribution in [3.05, 3.63) is 34.0 Å². The van der Waals surface area contributed by atoms with E-state index < -0.39 is 0 Å². The predicted octanol–water partition coefficient (Wildman–Crippen LogP) is 2.62. The SMILES string of the molecule is C=C(C)CNC(=O)c1sccc1CC. The predicted molar refractivity (Wildman–Crippen MR) is 60.8 cm³/mol. The van der Waals surface area contributed by atoms with E-state index in [4.69, 9.17) is 0 Å². The first-order valence-corrected chi connectivity index (χ1v) is 5.52. The number of rotatable bonds is 4. The average Bonchev–Trinajstić information content (AvgIpc) is 2.61. The van der Waals surface area contributed by atoms with Crippen LogP contribution < -0.4 is 5.32 Å². The van der Waals surface area contributed by atoms with E-state index >= 15 is 0 Å². The van der Waals surface area contributed by atoms with Crippen molar-refractivity contribution in [3.8, 4) is 0 Å². The molecule has 0 fully saturated rings. The number of hydrogen-bond donors (Lipinski definition) is 1. The minimum absolute atomic E-state index is 0.0138. The summed E-state index contributed by atoms with van der Waals surface area (Å²) in [5.41, 5.74) is 2.09. The number of amides is 1. The Labute approximate surface area is 88.6 Å². The van der Waals surface area contributed by atoms with Crippen LogP contribution in [0.25, 0.3) is 0 Å². The number of hydrogen-bond acceptors (Lipinski definition) is 2. The molecule has 14 heavy (non-hydrogen) atoms. The Balaban J connectivity index is 2.64. The summed E-state index contributed by atoms with van der Waals surface area (Å²) < 4.78 is 0. The Kier molecular flexibility index (Phi) is 3.89. The summed E-state index contributed by atoms with van der Waals surface area (Å²) in [4.78, 5) is 12.5. The summed E-state index contributed by atoms with van der Waals surface area (Å²) in [7, 11) is 0. The number of aryl methyl sites for hydroxylation is 1. The van der Waals surface area contributed by atoms with Gasteiger partial charge in [0.15, 0.2) is 0 Å². The summed E-state index contributed by atoms with van der Waals surface area (Å²) >= 11 is 1.49. The van der Waals surface area contributed by atoms with E-state index in [1.165, 1.54) is 11.3 Å². The van der Waals surface area contributed by atoms with E-state index in [0.717, 1.165) is 22.4 Å². The lowest BCUT2D eigenvalue weighted by atomic mass is 10.2. The van der Waals surface area contributed by atoms with Crippen LogP contribution in [0, 0.1) is 0 Å². The van der Waals surface area contributed by atoms with Crippen LogP contribution in [0.4, 0.5) is 0 Å². The van der Waals surface area contributed by atoms with Gasteiger partial charge < -0.3 is 5.32 Å². The van der Waals surface area contributed by atoms with Crippen LogP contribution in [-0.2, 0) is 6.42 Å². The largest absolute Gasteiger partial charge is 0.348 e. The minimum atomic E-state index is 0.0138. The monoisotopic (exact) mass is 209 g/mol. The highest BCUT2D eigenvalue weighted by atomic mass is 32.1. The highest BCUT2D eigenvalue weighted by molar-refractivity contribution is 7.12. The van der Waals surface area contributed by atoms with Gasteiger partial charge in [-0.2, -0.15) is 0 Å². The lowest BCUT2D eigenvalue weighted by Gasteiger charge is -2.04. The lowest BCUT2D eigenvalue weighted by molar-refractivity contribution is 0.0960. The van der Waals surface area contributed by atoms with Crippen LogP contribution >= 0.6 is 11.3 Å². The van der Waals surface area contributed by atoms with Gasteiger partial charge in [-0.25, -0.2) is 0 Å². The second-order valence-corrected chi connectivity index (χ2v) is 4.18. The van der Waals surface area contributed by atoms with Crippen molar-refractivity contribution >= 4 is 17.2 Å². The van der Waals surface area contributed by atoms with Crippen LogP contribution in [0.2, 0.25) is 0 Å². The summed E-state index contributed by atoms with van der Waals surface area (Å²) in [5, 5.41) is 4.78. The highest BCUT2D eigenvalue weighted by Crippen LogP contribution is 2.16. The van der Waals surface area contributed by atoms with Gasteiger partial charge in [0.1, 0.15) is 0 Å². The normalized spacial score (nSPS) is 9.86. The molecule has 0 spiro atoms. The van der Waals surface area contributed by atoms with Gasteiger partial charge in [-0.15, -0.1) is 11.3 Å². The third-order valence-corrected chi connectivity index (χ3v) is 2.84. The van der Waals surface area contributed by atoms with Crippen molar-refractivity contribution in [1.82, 2.24) is 5.32 Å². The average molecular weight is 209 g/mol. The van der Waals surface area contributed by atoms with Crippen LogP contribution in [0.5, 0.6) is 0 Å². The smallest absolute Gasteiger partial charge is 0.261 e. The van der Waals surface area contributed by atoms with E-state index in [9.17, 15) is 4.79 Å². The van der Waals surface area contributed by atoms with Gasteiger partial charge in [0.05, 0.1) is 4.88 Å². The first-order valence-electron chi connectivity index (χ1n) is 4.64. The lowest BCUT2D eigenvalue weighted by Crippen LogP contribution is -2.24. The third kappa shape index (κ3) is 2.70. The van der Waals surface area contributed by atoms with Crippen molar-refractivity contribution in [2.24, 2.45) is 0 Å². The molecule has 1 aromatic rings. The molecule has 0 aromatic carbocycles. The van der Waals surface area contributed by atoms with Crippen molar-refractivity contribution in [2.45, 2.75) is 20.3 Å². The summed E-state index contributed by atoms with van der Waals surface area (Å²) in [6, 6.07) is 2.00. The Hall–Kier alpha value is -1.09. The number of thiophene rings is 1. The molecule has 2 nitrogen and oxygen atoms in total. The van der Waals surface area contributed by atoms with Crippen molar-refractivity contribution in [2.75, 3.05) is 6.54 Å². The Morgan fingerprint density at radius 2 is 2.36 bits per heavy atom. The van der Waals surface area contributed by atoms with Crippen LogP contribution in [0.15, 0.2) is 23.6 Å². The first kappa shape index (κ1) is 11.0. The number of nitrogens with one attached hydrogen (secondary N) is 1. The zero-order valence-corrected chi connectivity index (χ0v) is 9.41.